The zero-order valence-electron chi connectivity index (χ0n) is 46.9. The standard InChI is InChI=1S/C44H106O17Si8/c1-62(2)43-56-68(15,60-66(11,12)58-64(5,6)7)41-17-19-45-21-23-47-25-27-49-29-31-51-33-35-53-37-39-55-40-38-54-36-34-52-32-30-50-28-26-48-24-22-46-20-18-42-69(16,57-44-63(3)4)61-67(13,14)59-65(8,9)10/h62-63H,17-44H2,1-16H3. The van der Waals surface area contributed by atoms with Gasteiger partial charge in [0, 0.05) is 25.7 Å². The molecule has 0 aromatic heterocycles. The molecule has 0 saturated carbocycles. The van der Waals surface area contributed by atoms with E-state index in [0.717, 1.165) is 37.4 Å². The Labute approximate surface area is 431 Å². The van der Waals surface area contributed by atoms with Crippen LogP contribution in [0.15, 0.2) is 0 Å². The molecule has 0 amide bonds. The lowest BCUT2D eigenvalue weighted by Crippen LogP contribution is -2.54. The molecule has 25 heteroatoms. The van der Waals surface area contributed by atoms with Gasteiger partial charge in [-0.15, -0.1) is 0 Å². The first-order chi connectivity index (χ1) is 32.4. The molecule has 0 spiro atoms. The van der Waals surface area contributed by atoms with Gasteiger partial charge in [-0.1, -0.05) is 26.2 Å². The van der Waals surface area contributed by atoms with Crippen molar-refractivity contribution in [2.75, 3.05) is 158 Å². The van der Waals surface area contributed by atoms with E-state index in [1.54, 1.807) is 0 Å². The average molecular weight is 1130 g/mol. The summed E-state index contributed by atoms with van der Waals surface area (Å²) in [5.41, 5.74) is 0. The van der Waals surface area contributed by atoms with Gasteiger partial charge in [0.25, 0.3) is 0 Å². The molecule has 0 aromatic carbocycles. The van der Waals surface area contributed by atoms with Crippen LogP contribution in [0.25, 0.3) is 0 Å². The highest BCUT2D eigenvalue weighted by Crippen LogP contribution is 2.26. The van der Waals surface area contributed by atoms with E-state index < -0.39 is 68.5 Å². The van der Waals surface area contributed by atoms with Crippen LogP contribution in [0.3, 0.4) is 0 Å². The maximum atomic E-state index is 6.70. The van der Waals surface area contributed by atoms with Crippen LogP contribution in [0.5, 0.6) is 0 Å². The van der Waals surface area contributed by atoms with Gasteiger partial charge in [0.05, 0.1) is 150 Å². The molecule has 69 heavy (non-hydrogen) atoms. The van der Waals surface area contributed by atoms with Crippen molar-refractivity contribution >= 4 is 68.5 Å². The molecule has 0 aliphatic carbocycles. The first-order valence-electron chi connectivity index (χ1n) is 25.8. The molecule has 0 aliphatic rings. The fourth-order valence-electron chi connectivity index (χ4n) is 6.84. The fourth-order valence-corrected chi connectivity index (χ4v) is 36.7. The van der Waals surface area contributed by atoms with Crippen molar-refractivity contribution in [2.45, 2.75) is 130 Å². The number of ether oxygens (including phenoxy) is 11. The Bertz CT molecular complexity index is 1090. The Morgan fingerprint density at radius 2 is 0.449 bits per heavy atom. The second kappa shape index (κ2) is 41.2. The molecule has 0 fully saturated rings. The second-order valence-corrected chi connectivity index (χ2v) is 50.7. The van der Waals surface area contributed by atoms with E-state index >= 15 is 0 Å². The molecule has 2 atom stereocenters. The van der Waals surface area contributed by atoms with Crippen LogP contribution in [0.2, 0.25) is 117 Å². The monoisotopic (exact) mass is 1130 g/mol. The minimum atomic E-state index is -2.35. The van der Waals surface area contributed by atoms with Crippen molar-refractivity contribution in [1.82, 2.24) is 0 Å². The van der Waals surface area contributed by atoms with Gasteiger partial charge >= 0.3 is 34.2 Å². The van der Waals surface area contributed by atoms with Crippen molar-refractivity contribution in [3.8, 4) is 0 Å². The molecular formula is C44H106O17Si8. The minimum Gasteiger partial charge on any atom is -0.437 e. The van der Waals surface area contributed by atoms with E-state index in [1.165, 1.54) is 0 Å². The Hall–Kier alpha value is 1.06. The first-order valence-corrected chi connectivity index (χ1v) is 49.6. The minimum absolute atomic E-state index is 0.503. The van der Waals surface area contributed by atoms with Gasteiger partial charge in [-0.25, -0.2) is 0 Å². The van der Waals surface area contributed by atoms with Crippen molar-refractivity contribution in [2.24, 2.45) is 0 Å². The quantitative estimate of drug-likeness (QED) is 0.0441. The predicted octanol–water partition coefficient (Wildman–Crippen LogP) is 7.32. The lowest BCUT2D eigenvalue weighted by Gasteiger charge is -2.38. The van der Waals surface area contributed by atoms with Gasteiger partial charge in [-0.05, 0) is 103 Å². The predicted molar refractivity (Wildman–Crippen MR) is 297 cm³/mol. The average Bonchev–Trinajstić information content (AvgIpc) is 3.21. The SMILES string of the molecule is C[SiH](C)CO[Si](C)(CCCOCCOCCOCCOCCOCCOCCOCCOCCOCCOCCOCCC[Si](C)(OC[SiH](C)C)O[Si](C)(C)O[Si](C)(C)C)O[Si](C)(C)O[Si](C)(C)C. The summed E-state index contributed by atoms with van der Waals surface area (Å²) >= 11 is 0. The Kier molecular flexibility index (Phi) is 41.9. The maximum absolute atomic E-state index is 6.70. The smallest absolute Gasteiger partial charge is 0.325 e. The summed E-state index contributed by atoms with van der Waals surface area (Å²) in [4.78, 5) is 0. The van der Waals surface area contributed by atoms with Gasteiger partial charge in [0.1, 0.15) is 0 Å². The van der Waals surface area contributed by atoms with Gasteiger partial charge < -0.3 is 77.4 Å². The van der Waals surface area contributed by atoms with Crippen LogP contribution in [0.1, 0.15) is 12.8 Å². The highest BCUT2D eigenvalue weighted by atomic mass is 28.5. The van der Waals surface area contributed by atoms with E-state index in [2.05, 4.69) is 105 Å². The van der Waals surface area contributed by atoms with Crippen LogP contribution in [0.4, 0.5) is 0 Å². The Morgan fingerprint density at radius 3 is 0.623 bits per heavy atom. The summed E-state index contributed by atoms with van der Waals surface area (Å²) in [5.74, 6) is 0. The van der Waals surface area contributed by atoms with Gasteiger partial charge in [0.2, 0.25) is 0 Å². The normalized spacial score (nSPS) is 14.9. The summed E-state index contributed by atoms with van der Waals surface area (Å²) < 4.78 is 101. The van der Waals surface area contributed by atoms with E-state index in [4.69, 9.17) is 77.4 Å². The van der Waals surface area contributed by atoms with Crippen molar-refractivity contribution in [3.05, 3.63) is 0 Å². The van der Waals surface area contributed by atoms with Gasteiger partial charge in [-0.3, -0.25) is 0 Å². The van der Waals surface area contributed by atoms with E-state index in [0.29, 0.717) is 145 Å². The molecule has 416 valence electrons. The van der Waals surface area contributed by atoms with Crippen LogP contribution in [-0.4, -0.2) is 226 Å². The third kappa shape index (κ3) is 49.7. The van der Waals surface area contributed by atoms with E-state index in [-0.39, 0.29) is 0 Å². The molecule has 0 saturated heterocycles. The zero-order valence-corrected chi connectivity index (χ0v) is 55.2. The van der Waals surface area contributed by atoms with Gasteiger partial charge in [-0.2, -0.15) is 0 Å². The Balaban J connectivity index is 3.56. The van der Waals surface area contributed by atoms with Crippen molar-refractivity contribution < 1.29 is 77.4 Å². The number of hydrogen-bond acceptors (Lipinski definition) is 17. The molecule has 0 radical (unpaired) electrons. The summed E-state index contributed by atoms with van der Waals surface area (Å²) in [6.07, 6.45) is 3.48. The molecule has 0 rings (SSSR count). The molecule has 2 unspecified atom stereocenters. The summed E-state index contributed by atoms with van der Waals surface area (Å²) in [6.45, 7) is 47.1. The third-order valence-corrected chi connectivity index (χ3v) is 31.7. The van der Waals surface area contributed by atoms with Crippen LogP contribution >= 0.6 is 0 Å². The molecule has 0 heterocycles. The molecule has 17 nitrogen and oxygen atoms in total. The second-order valence-electron chi connectivity index (χ2n) is 21.1. The van der Waals surface area contributed by atoms with E-state index in [9.17, 15) is 0 Å². The first kappa shape index (κ1) is 70.1. The number of hydrogen-bond donors (Lipinski definition) is 0. The number of rotatable bonds is 52. The fraction of sp³-hybridized carbons (Fsp3) is 1.00. The summed E-state index contributed by atoms with van der Waals surface area (Å²) in [7, 11) is -14.3. The largest absolute Gasteiger partial charge is 0.437 e. The zero-order chi connectivity index (χ0) is 52.0. The van der Waals surface area contributed by atoms with Crippen molar-refractivity contribution in [1.29, 1.82) is 0 Å². The highest BCUT2D eigenvalue weighted by molar-refractivity contribution is 6.87. The van der Waals surface area contributed by atoms with Crippen LogP contribution < -0.4 is 0 Å². The molecule has 0 aromatic rings. The summed E-state index contributed by atoms with van der Waals surface area (Å²) in [5, 5.41) is 0. The molecular weight excluding hydrogens is 1030 g/mol. The topological polar surface area (TPSA) is 157 Å². The Morgan fingerprint density at radius 1 is 0.261 bits per heavy atom. The lowest BCUT2D eigenvalue weighted by molar-refractivity contribution is -0.0275. The summed E-state index contributed by atoms with van der Waals surface area (Å²) in [6, 6.07) is 1.79. The van der Waals surface area contributed by atoms with Crippen LogP contribution in [0, 0.1) is 0 Å². The van der Waals surface area contributed by atoms with Crippen molar-refractivity contribution in [3.63, 3.8) is 0 Å². The van der Waals surface area contributed by atoms with Crippen LogP contribution in [-0.2, 0) is 77.4 Å². The van der Waals surface area contributed by atoms with E-state index in [1.807, 2.05) is 0 Å². The molecule has 0 N–H and O–H groups in total. The van der Waals surface area contributed by atoms with Gasteiger partial charge in [0.15, 0.2) is 16.6 Å². The lowest BCUT2D eigenvalue weighted by atomic mass is 10.5. The molecule has 0 bridgehead atoms. The third-order valence-electron chi connectivity index (χ3n) is 9.03. The highest BCUT2D eigenvalue weighted by Gasteiger charge is 2.43. The molecule has 0 aliphatic heterocycles. The maximum Gasteiger partial charge on any atom is 0.325 e.